The van der Waals surface area contributed by atoms with Crippen LogP contribution in [0.25, 0.3) is 0 Å². The maximum Gasteiger partial charge on any atom is 0.251 e. The standard InChI is InChI=1S/C9H14N2O2/c1-7-10-8(4-3-5-13-2)6-9(12)11-7/h6H,3-5H2,1-2H3,(H,10,11,12). The van der Waals surface area contributed by atoms with E-state index in [0.29, 0.717) is 12.4 Å². The third-order valence-electron chi connectivity index (χ3n) is 1.69. The molecule has 1 heterocycles. The van der Waals surface area contributed by atoms with E-state index in [-0.39, 0.29) is 5.56 Å². The molecule has 0 saturated heterocycles. The topological polar surface area (TPSA) is 55.0 Å². The first-order chi connectivity index (χ1) is 6.22. The number of nitrogens with one attached hydrogen (secondary N) is 1. The first-order valence-electron chi connectivity index (χ1n) is 4.28. The van der Waals surface area contributed by atoms with E-state index < -0.39 is 0 Å². The Bertz CT molecular complexity index is 320. The lowest BCUT2D eigenvalue weighted by atomic mass is 10.2. The molecule has 1 aromatic heterocycles. The van der Waals surface area contributed by atoms with Crippen molar-refractivity contribution in [3.63, 3.8) is 0 Å². The lowest BCUT2D eigenvalue weighted by molar-refractivity contribution is 0.195. The highest BCUT2D eigenvalue weighted by atomic mass is 16.5. The minimum atomic E-state index is -0.0834. The predicted molar refractivity (Wildman–Crippen MR) is 49.8 cm³/mol. The molecule has 72 valence electrons. The fourth-order valence-electron chi connectivity index (χ4n) is 1.17. The maximum atomic E-state index is 11.0. The Kier molecular flexibility index (Phi) is 3.64. The highest BCUT2D eigenvalue weighted by molar-refractivity contribution is 5.01. The second kappa shape index (κ2) is 4.77. The smallest absolute Gasteiger partial charge is 0.251 e. The number of aromatic nitrogens is 2. The number of hydrogen-bond donors (Lipinski definition) is 1. The van der Waals surface area contributed by atoms with Crippen LogP contribution in [0.15, 0.2) is 10.9 Å². The van der Waals surface area contributed by atoms with Gasteiger partial charge in [0.1, 0.15) is 5.82 Å². The van der Waals surface area contributed by atoms with Gasteiger partial charge in [-0.2, -0.15) is 0 Å². The molecule has 1 N–H and O–H groups in total. The molecule has 4 heteroatoms. The Morgan fingerprint density at radius 1 is 1.62 bits per heavy atom. The fraction of sp³-hybridized carbons (Fsp3) is 0.556. The van der Waals surface area contributed by atoms with Crippen LogP contribution in [0.1, 0.15) is 17.9 Å². The molecule has 4 nitrogen and oxygen atoms in total. The number of H-pyrrole nitrogens is 1. The Labute approximate surface area is 77.0 Å². The van der Waals surface area contributed by atoms with Crippen molar-refractivity contribution in [1.29, 1.82) is 0 Å². The van der Waals surface area contributed by atoms with Crippen LogP contribution in [-0.4, -0.2) is 23.7 Å². The molecule has 0 fully saturated rings. The van der Waals surface area contributed by atoms with Gasteiger partial charge < -0.3 is 9.72 Å². The monoisotopic (exact) mass is 182 g/mol. The van der Waals surface area contributed by atoms with E-state index in [1.807, 2.05) is 0 Å². The summed E-state index contributed by atoms with van der Waals surface area (Å²) in [5.41, 5.74) is 0.748. The van der Waals surface area contributed by atoms with Gasteiger partial charge in [-0.25, -0.2) is 4.98 Å². The zero-order chi connectivity index (χ0) is 9.68. The summed E-state index contributed by atoms with van der Waals surface area (Å²) in [7, 11) is 1.66. The number of rotatable bonds is 4. The van der Waals surface area contributed by atoms with Gasteiger partial charge in [0.15, 0.2) is 0 Å². The van der Waals surface area contributed by atoms with Crippen molar-refractivity contribution in [1.82, 2.24) is 9.97 Å². The summed E-state index contributed by atoms with van der Waals surface area (Å²) >= 11 is 0. The SMILES string of the molecule is COCCCc1cc(=O)[nH]c(C)n1. The lowest BCUT2D eigenvalue weighted by Gasteiger charge is -2.00. The van der Waals surface area contributed by atoms with Gasteiger partial charge in [-0.1, -0.05) is 0 Å². The van der Waals surface area contributed by atoms with Gasteiger partial charge >= 0.3 is 0 Å². The average molecular weight is 182 g/mol. The Hall–Kier alpha value is -1.16. The molecule has 0 radical (unpaired) electrons. The van der Waals surface area contributed by atoms with Gasteiger partial charge in [-0.3, -0.25) is 4.79 Å². The van der Waals surface area contributed by atoms with E-state index in [1.165, 1.54) is 6.07 Å². The summed E-state index contributed by atoms with van der Waals surface area (Å²) in [5, 5.41) is 0. The van der Waals surface area contributed by atoms with Crippen LogP contribution in [0.4, 0.5) is 0 Å². The Balaban J connectivity index is 2.61. The quantitative estimate of drug-likeness (QED) is 0.696. The Morgan fingerprint density at radius 2 is 2.38 bits per heavy atom. The van der Waals surface area contributed by atoms with Crippen molar-refractivity contribution in [2.24, 2.45) is 0 Å². The third-order valence-corrected chi connectivity index (χ3v) is 1.69. The van der Waals surface area contributed by atoms with Gasteiger partial charge in [0.25, 0.3) is 5.56 Å². The molecule has 0 bridgehead atoms. The lowest BCUT2D eigenvalue weighted by Crippen LogP contribution is -2.10. The number of aryl methyl sites for hydroxylation is 2. The molecular formula is C9H14N2O2. The molecule has 0 amide bonds. The molecule has 0 aromatic carbocycles. The molecular weight excluding hydrogens is 168 g/mol. The average Bonchev–Trinajstić information content (AvgIpc) is 2.03. The third kappa shape index (κ3) is 3.38. The molecule has 0 aliphatic heterocycles. The number of methoxy groups -OCH3 is 1. The minimum absolute atomic E-state index is 0.0834. The molecule has 0 spiro atoms. The summed E-state index contributed by atoms with van der Waals surface area (Å²) in [6, 6.07) is 1.53. The van der Waals surface area contributed by atoms with E-state index >= 15 is 0 Å². The van der Waals surface area contributed by atoms with Crippen molar-refractivity contribution >= 4 is 0 Å². The molecule has 1 rings (SSSR count). The highest BCUT2D eigenvalue weighted by Crippen LogP contribution is 1.96. The van der Waals surface area contributed by atoms with E-state index in [0.717, 1.165) is 18.5 Å². The molecule has 0 aliphatic rings. The van der Waals surface area contributed by atoms with Gasteiger partial charge in [-0.15, -0.1) is 0 Å². The van der Waals surface area contributed by atoms with Crippen LogP contribution in [0.5, 0.6) is 0 Å². The molecule has 0 aliphatic carbocycles. The summed E-state index contributed by atoms with van der Waals surface area (Å²) in [5.74, 6) is 0.667. The number of nitrogens with zero attached hydrogens (tertiary/aromatic N) is 1. The highest BCUT2D eigenvalue weighted by Gasteiger charge is 1.97. The van der Waals surface area contributed by atoms with Crippen LogP contribution in [-0.2, 0) is 11.2 Å². The maximum absolute atomic E-state index is 11.0. The number of aromatic amines is 1. The predicted octanol–water partition coefficient (Wildman–Crippen LogP) is 0.657. The van der Waals surface area contributed by atoms with E-state index in [2.05, 4.69) is 9.97 Å². The first kappa shape index (κ1) is 9.92. The van der Waals surface area contributed by atoms with Crippen molar-refractivity contribution in [2.45, 2.75) is 19.8 Å². The molecule has 0 saturated carbocycles. The van der Waals surface area contributed by atoms with Crippen molar-refractivity contribution in [3.8, 4) is 0 Å². The van der Waals surface area contributed by atoms with Gasteiger partial charge in [0.05, 0.1) is 0 Å². The Morgan fingerprint density at radius 3 is 3.00 bits per heavy atom. The minimum Gasteiger partial charge on any atom is -0.385 e. The summed E-state index contributed by atoms with van der Waals surface area (Å²) in [6.07, 6.45) is 1.69. The number of hydrogen-bond acceptors (Lipinski definition) is 3. The van der Waals surface area contributed by atoms with Crippen LogP contribution in [0, 0.1) is 6.92 Å². The fourth-order valence-corrected chi connectivity index (χ4v) is 1.17. The van der Waals surface area contributed by atoms with Crippen LogP contribution in [0.3, 0.4) is 0 Å². The van der Waals surface area contributed by atoms with Gasteiger partial charge in [0.2, 0.25) is 0 Å². The molecule has 0 atom stereocenters. The van der Waals surface area contributed by atoms with E-state index in [1.54, 1.807) is 14.0 Å². The van der Waals surface area contributed by atoms with Crippen molar-refractivity contribution < 1.29 is 4.74 Å². The van der Waals surface area contributed by atoms with Crippen LogP contribution < -0.4 is 5.56 Å². The van der Waals surface area contributed by atoms with Gasteiger partial charge in [-0.05, 0) is 19.8 Å². The normalized spacial score (nSPS) is 10.3. The van der Waals surface area contributed by atoms with Crippen LogP contribution in [0.2, 0.25) is 0 Å². The largest absolute Gasteiger partial charge is 0.385 e. The zero-order valence-electron chi connectivity index (χ0n) is 7.96. The molecule has 13 heavy (non-hydrogen) atoms. The summed E-state index contributed by atoms with van der Waals surface area (Å²) in [4.78, 5) is 17.8. The van der Waals surface area contributed by atoms with Crippen LogP contribution >= 0.6 is 0 Å². The van der Waals surface area contributed by atoms with Gasteiger partial charge in [0, 0.05) is 25.5 Å². The summed E-state index contributed by atoms with van der Waals surface area (Å²) < 4.78 is 4.91. The van der Waals surface area contributed by atoms with Crippen molar-refractivity contribution in [3.05, 3.63) is 27.9 Å². The second-order valence-corrected chi connectivity index (χ2v) is 2.92. The van der Waals surface area contributed by atoms with E-state index in [9.17, 15) is 4.79 Å². The molecule has 0 unspecified atom stereocenters. The molecule has 1 aromatic rings. The second-order valence-electron chi connectivity index (χ2n) is 2.92. The summed E-state index contributed by atoms with van der Waals surface area (Å²) in [6.45, 7) is 2.48. The zero-order valence-corrected chi connectivity index (χ0v) is 7.96. The van der Waals surface area contributed by atoms with Crippen molar-refractivity contribution in [2.75, 3.05) is 13.7 Å². The first-order valence-corrected chi connectivity index (χ1v) is 4.28. The number of ether oxygens (including phenoxy) is 1. The van der Waals surface area contributed by atoms with E-state index in [4.69, 9.17) is 4.74 Å².